The lowest BCUT2D eigenvalue weighted by molar-refractivity contribution is 0.109. The smallest absolute Gasteiger partial charge is 0.131 e. The van der Waals surface area contributed by atoms with Crippen LogP contribution in [0.4, 0.5) is 0 Å². The third kappa shape index (κ3) is 4.16. The number of rotatable bonds is 6. The van der Waals surface area contributed by atoms with Crippen molar-refractivity contribution in [2.24, 2.45) is 0 Å². The second kappa shape index (κ2) is 7.64. The van der Waals surface area contributed by atoms with Crippen LogP contribution in [0.3, 0.4) is 0 Å². The van der Waals surface area contributed by atoms with Crippen LogP contribution in [0, 0.1) is 13.8 Å². The number of aromatic nitrogens is 1. The molecule has 2 N–H and O–H groups in total. The van der Waals surface area contributed by atoms with Gasteiger partial charge in [0.05, 0.1) is 11.2 Å². The predicted octanol–water partition coefficient (Wildman–Crippen LogP) is 3.48. The largest absolute Gasteiger partial charge is 0.490 e. The molecule has 0 aliphatic rings. The van der Waals surface area contributed by atoms with E-state index in [2.05, 4.69) is 49.5 Å². The quantitative estimate of drug-likeness (QED) is 0.724. The summed E-state index contributed by atoms with van der Waals surface area (Å²) >= 11 is 0. The van der Waals surface area contributed by atoms with Crippen LogP contribution in [0.2, 0.25) is 0 Å². The van der Waals surface area contributed by atoms with Crippen molar-refractivity contribution >= 4 is 10.9 Å². The van der Waals surface area contributed by atoms with Crippen LogP contribution < -0.4 is 10.1 Å². The van der Waals surface area contributed by atoms with Gasteiger partial charge < -0.3 is 15.2 Å². The van der Waals surface area contributed by atoms with Gasteiger partial charge in [0.2, 0.25) is 0 Å². The number of fused-ring (bicyclic) bond motifs is 1. The van der Waals surface area contributed by atoms with E-state index in [0.29, 0.717) is 6.54 Å². The van der Waals surface area contributed by atoms with E-state index in [-0.39, 0.29) is 6.61 Å². The second-order valence-electron chi connectivity index (χ2n) is 6.41. The van der Waals surface area contributed by atoms with Gasteiger partial charge in [-0.05, 0) is 38.6 Å². The fourth-order valence-electron chi connectivity index (χ4n) is 2.78. The van der Waals surface area contributed by atoms with Crippen molar-refractivity contribution in [2.45, 2.75) is 20.0 Å². The van der Waals surface area contributed by atoms with Crippen molar-refractivity contribution in [3.05, 3.63) is 59.7 Å². The summed E-state index contributed by atoms with van der Waals surface area (Å²) in [5.74, 6) is 0.746. The number of pyridine rings is 1. The Morgan fingerprint density at radius 1 is 1.04 bits per heavy atom. The molecule has 1 heterocycles. The van der Waals surface area contributed by atoms with E-state index >= 15 is 0 Å². The number of likely N-dealkylation sites (N-methyl/N-ethyl adjacent to an activating group) is 1. The first-order valence-electron chi connectivity index (χ1n) is 8.51. The Morgan fingerprint density at radius 3 is 2.48 bits per heavy atom. The van der Waals surface area contributed by atoms with E-state index in [4.69, 9.17) is 9.72 Å². The molecule has 1 atom stereocenters. The van der Waals surface area contributed by atoms with Crippen molar-refractivity contribution in [3.8, 4) is 17.0 Å². The normalized spacial score (nSPS) is 12.3. The average Bonchev–Trinajstić information content (AvgIpc) is 2.60. The first-order chi connectivity index (χ1) is 12.1. The number of benzene rings is 2. The number of aliphatic hydroxyl groups excluding tert-OH is 1. The summed E-state index contributed by atoms with van der Waals surface area (Å²) in [4.78, 5) is 4.81. The van der Waals surface area contributed by atoms with Gasteiger partial charge >= 0.3 is 0 Å². The third-order valence-corrected chi connectivity index (χ3v) is 4.15. The van der Waals surface area contributed by atoms with Gasteiger partial charge in [-0.15, -0.1) is 0 Å². The zero-order chi connectivity index (χ0) is 17.8. The van der Waals surface area contributed by atoms with Crippen molar-refractivity contribution in [2.75, 3.05) is 20.2 Å². The van der Waals surface area contributed by atoms with E-state index in [1.807, 2.05) is 25.2 Å². The number of hydrogen-bond acceptors (Lipinski definition) is 4. The van der Waals surface area contributed by atoms with Crippen molar-refractivity contribution < 1.29 is 9.84 Å². The first kappa shape index (κ1) is 17.4. The number of aryl methyl sites for hydroxylation is 2. The van der Waals surface area contributed by atoms with Crippen LogP contribution in [0.5, 0.6) is 5.75 Å². The molecule has 0 unspecified atom stereocenters. The van der Waals surface area contributed by atoms with Crippen LogP contribution >= 0.6 is 0 Å². The lowest BCUT2D eigenvalue weighted by Gasteiger charge is -2.15. The minimum Gasteiger partial charge on any atom is -0.490 e. The Hall–Kier alpha value is -2.43. The van der Waals surface area contributed by atoms with Crippen molar-refractivity contribution in [1.82, 2.24) is 10.3 Å². The SMILES string of the molecule is CNC[C@H](O)COc1cc(-c2ccc(C)cc2)nc2cc(C)ccc12. The van der Waals surface area contributed by atoms with Gasteiger partial charge in [-0.2, -0.15) is 0 Å². The number of ether oxygens (including phenoxy) is 1. The van der Waals surface area contributed by atoms with E-state index < -0.39 is 6.10 Å². The Kier molecular flexibility index (Phi) is 5.31. The van der Waals surface area contributed by atoms with Gasteiger partial charge in [0, 0.05) is 23.6 Å². The molecular weight excluding hydrogens is 312 g/mol. The minimum atomic E-state index is -0.554. The lowest BCUT2D eigenvalue weighted by atomic mass is 10.1. The molecule has 4 nitrogen and oxygen atoms in total. The molecule has 3 aromatic rings. The number of nitrogens with one attached hydrogen (secondary N) is 1. The molecule has 0 fully saturated rings. The van der Waals surface area contributed by atoms with Gasteiger partial charge in [0.25, 0.3) is 0 Å². The number of hydrogen-bond donors (Lipinski definition) is 2. The molecule has 4 heteroatoms. The lowest BCUT2D eigenvalue weighted by Crippen LogP contribution is -2.29. The summed E-state index contributed by atoms with van der Waals surface area (Å²) in [6, 6.07) is 16.4. The molecule has 0 aliphatic carbocycles. The van der Waals surface area contributed by atoms with Crippen LogP contribution in [0.1, 0.15) is 11.1 Å². The van der Waals surface area contributed by atoms with Gasteiger partial charge in [0.1, 0.15) is 18.5 Å². The molecule has 1 aromatic heterocycles. The number of aliphatic hydroxyl groups is 1. The van der Waals surface area contributed by atoms with Crippen LogP contribution in [-0.4, -0.2) is 36.4 Å². The molecule has 0 bridgehead atoms. The van der Waals surface area contributed by atoms with Crippen LogP contribution in [-0.2, 0) is 0 Å². The molecule has 0 aliphatic heterocycles. The summed E-state index contributed by atoms with van der Waals surface area (Å²) in [6.45, 7) is 4.85. The van der Waals surface area contributed by atoms with E-state index in [9.17, 15) is 5.11 Å². The summed E-state index contributed by atoms with van der Waals surface area (Å²) in [6.07, 6.45) is -0.554. The van der Waals surface area contributed by atoms with Crippen molar-refractivity contribution in [1.29, 1.82) is 0 Å². The Bertz CT molecular complexity index is 860. The summed E-state index contributed by atoms with van der Waals surface area (Å²) in [7, 11) is 1.81. The van der Waals surface area contributed by atoms with Gasteiger partial charge in [-0.25, -0.2) is 4.98 Å². The molecule has 3 rings (SSSR count). The topological polar surface area (TPSA) is 54.4 Å². The van der Waals surface area contributed by atoms with E-state index in [0.717, 1.165) is 33.5 Å². The maximum absolute atomic E-state index is 9.94. The summed E-state index contributed by atoms with van der Waals surface area (Å²) in [5.41, 5.74) is 5.19. The number of nitrogens with zero attached hydrogens (tertiary/aromatic N) is 1. The summed E-state index contributed by atoms with van der Waals surface area (Å²) < 4.78 is 5.93. The van der Waals surface area contributed by atoms with Crippen LogP contribution in [0.25, 0.3) is 22.2 Å². The highest BCUT2D eigenvalue weighted by Crippen LogP contribution is 2.31. The molecule has 0 spiro atoms. The average molecular weight is 336 g/mol. The van der Waals surface area contributed by atoms with Gasteiger partial charge in [-0.3, -0.25) is 0 Å². The Morgan fingerprint density at radius 2 is 1.76 bits per heavy atom. The maximum Gasteiger partial charge on any atom is 0.131 e. The maximum atomic E-state index is 9.94. The van der Waals surface area contributed by atoms with Crippen LogP contribution in [0.15, 0.2) is 48.5 Å². The predicted molar refractivity (Wildman–Crippen MR) is 102 cm³/mol. The van der Waals surface area contributed by atoms with E-state index in [1.165, 1.54) is 5.56 Å². The fourth-order valence-corrected chi connectivity index (χ4v) is 2.78. The minimum absolute atomic E-state index is 0.237. The van der Waals surface area contributed by atoms with Crippen molar-refractivity contribution in [3.63, 3.8) is 0 Å². The highest BCUT2D eigenvalue weighted by molar-refractivity contribution is 5.88. The zero-order valence-electron chi connectivity index (χ0n) is 14.9. The third-order valence-electron chi connectivity index (χ3n) is 4.15. The van der Waals surface area contributed by atoms with Gasteiger partial charge in [-0.1, -0.05) is 35.9 Å². The monoisotopic (exact) mass is 336 g/mol. The molecule has 0 radical (unpaired) electrons. The zero-order valence-corrected chi connectivity index (χ0v) is 14.9. The Balaban J connectivity index is 2.02. The Labute approximate surface area is 148 Å². The first-order valence-corrected chi connectivity index (χ1v) is 8.51. The summed E-state index contributed by atoms with van der Waals surface area (Å²) in [5, 5.41) is 13.8. The second-order valence-corrected chi connectivity index (χ2v) is 6.41. The highest BCUT2D eigenvalue weighted by atomic mass is 16.5. The van der Waals surface area contributed by atoms with Gasteiger partial charge in [0.15, 0.2) is 0 Å². The standard InChI is InChI=1S/C21H24N2O2/c1-14-4-7-16(8-5-14)19-11-21(25-13-17(24)12-22-3)18-9-6-15(2)10-20(18)23-19/h4-11,17,22,24H,12-13H2,1-3H3/t17-/m0/s1. The molecule has 0 saturated carbocycles. The fraction of sp³-hybridized carbons (Fsp3) is 0.286. The molecule has 25 heavy (non-hydrogen) atoms. The molecule has 130 valence electrons. The van der Waals surface area contributed by atoms with E-state index in [1.54, 1.807) is 0 Å². The molecule has 0 amide bonds. The highest BCUT2D eigenvalue weighted by Gasteiger charge is 2.11. The molecule has 2 aromatic carbocycles. The molecular formula is C21H24N2O2. The molecule has 0 saturated heterocycles.